The van der Waals surface area contributed by atoms with E-state index >= 15 is 0 Å². The van der Waals surface area contributed by atoms with E-state index in [0.717, 1.165) is 18.9 Å². The van der Waals surface area contributed by atoms with Crippen molar-refractivity contribution in [2.45, 2.75) is 45.2 Å². The first-order valence-electron chi connectivity index (χ1n) is 7.97. The molecule has 0 N–H and O–H groups in total. The molecule has 3 rings (SSSR count). The van der Waals surface area contributed by atoms with Gasteiger partial charge in [-0.2, -0.15) is 0 Å². The lowest BCUT2D eigenvalue weighted by Crippen LogP contribution is -2.35. The zero-order chi connectivity index (χ0) is 14.5. The van der Waals surface area contributed by atoms with E-state index in [4.69, 9.17) is 0 Å². The molecule has 0 radical (unpaired) electrons. The molecule has 1 fully saturated rings. The largest absolute Gasteiger partial charge is 0.335 e. The molecular formula is C17H24N4. The Bertz CT molecular complexity index is 549. The second-order valence-corrected chi connectivity index (χ2v) is 5.82. The molecule has 4 nitrogen and oxygen atoms in total. The summed E-state index contributed by atoms with van der Waals surface area (Å²) in [5, 5.41) is 0. The number of hydrogen-bond donors (Lipinski definition) is 0. The molecule has 1 atom stereocenters. The molecule has 0 saturated carbocycles. The van der Waals surface area contributed by atoms with Gasteiger partial charge in [0.15, 0.2) is 0 Å². The van der Waals surface area contributed by atoms with Crippen molar-refractivity contribution < 1.29 is 0 Å². The predicted octanol–water partition coefficient (Wildman–Crippen LogP) is 3.20. The lowest BCUT2D eigenvalue weighted by atomic mass is 9.98. The maximum atomic E-state index is 4.57. The van der Waals surface area contributed by atoms with E-state index in [9.17, 15) is 0 Å². The number of piperidine rings is 1. The van der Waals surface area contributed by atoms with Crippen LogP contribution >= 0.6 is 0 Å². The maximum absolute atomic E-state index is 4.57. The van der Waals surface area contributed by atoms with Crippen molar-refractivity contribution in [1.29, 1.82) is 0 Å². The first-order valence-corrected chi connectivity index (χ1v) is 7.97. The summed E-state index contributed by atoms with van der Waals surface area (Å²) in [5.41, 5.74) is 1.23. The smallest absolute Gasteiger partial charge is 0.105 e. The molecule has 1 saturated heterocycles. The zero-order valence-corrected chi connectivity index (χ0v) is 12.8. The van der Waals surface area contributed by atoms with Crippen molar-refractivity contribution in [3.63, 3.8) is 0 Å². The summed E-state index contributed by atoms with van der Waals surface area (Å²) in [4.78, 5) is 11.5. The molecule has 0 bridgehead atoms. The number of rotatable bonds is 5. The molecule has 1 aliphatic rings. The molecule has 2 aromatic rings. The summed E-state index contributed by atoms with van der Waals surface area (Å²) in [7, 11) is 0. The fraction of sp³-hybridized carbons (Fsp3) is 0.529. The van der Waals surface area contributed by atoms with Gasteiger partial charge in [0.25, 0.3) is 0 Å². The Labute approximate surface area is 126 Å². The monoisotopic (exact) mass is 284 g/mol. The summed E-state index contributed by atoms with van der Waals surface area (Å²) in [6.07, 6.45) is 10.9. The van der Waals surface area contributed by atoms with Crippen molar-refractivity contribution in [1.82, 2.24) is 19.4 Å². The molecule has 0 unspecified atom stereocenters. The summed E-state index contributed by atoms with van der Waals surface area (Å²) in [6, 6.07) is 6.77. The van der Waals surface area contributed by atoms with Gasteiger partial charge in [-0.25, -0.2) is 4.98 Å². The first kappa shape index (κ1) is 14.3. The van der Waals surface area contributed by atoms with E-state index in [1.165, 1.54) is 37.9 Å². The lowest BCUT2D eigenvalue weighted by Gasteiger charge is -2.35. The molecule has 4 heteroatoms. The maximum Gasteiger partial charge on any atom is 0.105 e. The van der Waals surface area contributed by atoms with Crippen LogP contribution in [0.4, 0.5) is 0 Å². The van der Waals surface area contributed by atoms with Crippen LogP contribution in [0.2, 0.25) is 0 Å². The summed E-state index contributed by atoms with van der Waals surface area (Å²) < 4.78 is 2.24. The molecule has 1 aliphatic heterocycles. The average molecular weight is 284 g/mol. The van der Waals surface area contributed by atoms with Crippen molar-refractivity contribution in [3.05, 3.63) is 48.3 Å². The standard InChI is InChI=1S/C17H24N4/c1-15-18-10-14-20(15)12-6-13-21-11-5-3-8-17(21)16-7-2-4-9-19-16/h2,4,7,9-10,14,17H,3,5-6,8,11-13H2,1H3/t17-/m1/s1. The number of likely N-dealkylation sites (tertiary alicyclic amines) is 1. The van der Waals surface area contributed by atoms with Gasteiger partial charge in [0.05, 0.1) is 11.7 Å². The van der Waals surface area contributed by atoms with E-state index in [1.807, 2.05) is 18.5 Å². The van der Waals surface area contributed by atoms with Gasteiger partial charge in [-0.15, -0.1) is 0 Å². The van der Waals surface area contributed by atoms with Gasteiger partial charge in [0.1, 0.15) is 5.82 Å². The van der Waals surface area contributed by atoms with E-state index in [2.05, 4.69) is 44.7 Å². The van der Waals surface area contributed by atoms with Crippen molar-refractivity contribution >= 4 is 0 Å². The van der Waals surface area contributed by atoms with Crippen molar-refractivity contribution in [2.75, 3.05) is 13.1 Å². The minimum atomic E-state index is 0.504. The second-order valence-electron chi connectivity index (χ2n) is 5.82. The quantitative estimate of drug-likeness (QED) is 0.845. The Morgan fingerprint density at radius 1 is 1.14 bits per heavy atom. The summed E-state index contributed by atoms with van der Waals surface area (Å²) in [5.74, 6) is 1.11. The van der Waals surface area contributed by atoms with Crippen molar-refractivity contribution in [2.24, 2.45) is 0 Å². The van der Waals surface area contributed by atoms with Crippen LogP contribution in [0.5, 0.6) is 0 Å². The zero-order valence-electron chi connectivity index (χ0n) is 12.8. The lowest BCUT2D eigenvalue weighted by molar-refractivity contribution is 0.141. The van der Waals surface area contributed by atoms with Gasteiger partial charge in [0.2, 0.25) is 0 Å². The number of nitrogens with zero attached hydrogens (tertiary/aromatic N) is 4. The van der Waals surface area contributed by atoms with Crippen LogP contribution in [-0.4, -0.2) is 32.5 Å². The number of pyridine rings is 1. The molecular weight excluding hydrogens is 260 g/mol. The Morgan fingerprint density at radius 2 is 2.10 bits per heavy atom. The van der Waals surface area contributed by atoms with Gasteiger partial charge in [0, 0.05) is 31.7 Å². The van der Waals surface area contributed by atoms with Crippen molar-refractivity contribution in [3.8, 4) is 0 Å². The van der Waals surface area contributed by atoms with Crippen LogP contribution in [0.3, 0.4) is 0 Å². The SMILES string of the molecule is Cc1nccn1CCCN1CCCC[C@@H]1c1ccccn1. The Morgan fingerprint density at radius 3 is 2.86 bits per heavy atom. The van der Waals surface area contributed by atoms with E-state index in [1.54, 1.807) is 0 Å². The molecule has 0 aliphatic carbocycles. The second kappa shape index (κ2) is 6.85. The van der Waals surface area contributed by atoms with Crippen LogP contribution in [0.1, 0.15) is 43.2 Å². The molecule has 0 amide bonds. The number of aromatic nitrogens is 3. The van der Waals surface area contributed by atoms with Crippen LogP contribution in [-0.2, 0) is 6.54 Å². The molecule has 0 aromatic carbocycles. The Kier molecular flexibility index (Phi) is 4.65. The summed E-state index contributed by atoms with van der Waals surface area (Å²) in [6.45, 7) is 5.46. The molecule has 3 heterocycles. The highest BCUT2D eigenvalue weighted by molar-refractivity contribution is 5.09. The van der Waals surface area contributed by atoms with E-state index in [-0.39, 0.29) is 0 Å². The molecule has 21 heavy (non-hydrogen) atoms. The summed E-state index contributed by atoms with van der Waals surface area (Å²) >= 11 is 0. The van der Waals surface area contributed by atoms with Gasteiger partial charge >= 0.3 is 0 Å². The van der Waals surface area contributed by atoms with Crippen LogP contribution < -0.4 is 0 Å². The molecule has 2 aromatic heterocycles. The number of aryl methyl sites for hydroxylation is 2. The van der Waals surface area contributed by atoms with Gasteiger partial charge in [-0.05, 0) is 44.9 Å². The Hall–Kier alpha value is -1.68. The third kappa shape index (κ3) is 3.50. The highest BCUT2D eigenvalue weighted by atomic mass is 15.2. The predicted molar refractivity (Wildman–Crippen MR) is 84.0 cm³/mol. The normalized spacial score (nSPS) is 19.8. The van der Waals surface area contributed by atoms with E-state index < -0.39 is 0 Å². The topological polar surface area (TPSA) is 34.0 Å². The van der Waals surface area contributed by atoms with Crippen LogP contribution in [0.25, 0.3) is 0 Å². The highest BCUT2D eigenvalue weighted by Gasteiger charge is 2.24. The van der Waals surface area contributed by atoms with Crippen LogP contribution in [0, 0.1) is 6.92 Å². The first-order chi connectivity index (χ1) is 10.3. The molecule has 0 spiro atoms. The number of hydrogen-bond acceptors (Lipinski definition) is 3. The molecule has 112 valence electrons. The minimum Gasteiger partial charge on any atom is -0.335 e. The number of imidazole rings is 1. The van der Waals surface area contributed by atoms with E-state index in [0.29, 0.717) is 6.04 Å². The fourth-order valence-corrected chi connectivity index (χ4v) is 3.25. The third-order valence-electron chi connectivity index (χ3n) is 4.41. The fourth-order valence-electron chi connectivity index (χ4n) is 3.25. The van der Waals surface area contributed by atoms with Gasteiger partial charge in [-0.1, -0.05) is 12.5 Å². The van der Waals surface area contributed by atoms with Gasteiger partial charge in [-0.3, -0.25) is 9.88 Å². The average Bonchev–Trinajstić information content (AvgIpc) is 2.94. The highest BCUT2D eigenvalue weighted by Crippen LogP contribution is 2.29. The Balaban J connectivity index is 1.59. The van der Waals surface area contributed by atoms with Crippen LogP contribution in [0.15, 0.2) is 36.8 Å². The third-order valence-corrected chi connectivity index (χ3v) is 4.41. The van der Waals surface area contributed by atoms with Gasteiger partial charge < -0.3 is 4.57 Å². The minimum absolute atomic E-state index is 0.504.